The third-order valence-electron chi connectivity index (χ3n) is 4.69. The fourth-order valence-electron chi connectivity index (χ4n) is 3.47. The number of anilines is 1. The lowest BCUT2D eigenvalue weighted by Gasteiger charge is -2.18. The minimum Gasteiger partial charge on any atom is -0.383 e. The maximum atomic E-state index is 11.8. The number of hydrogen-bond acceptors (Lipinski definition) is 5. The van der Waals surface area contributed by atoms with Crippen LogP contribution in [-0.2, 0) is 6.42 Å². The van der Waals surface area contributed by atoms with Crippen LogP contribution in [0.1, 0.15) is 56.1 Å². The number of nitrogen functional groups attached to an aromatic ring is 1. The zero-order valence-corrected chi connectivity index (χ0v) is 16.7. The molecule has 1 unspecified atom stereocenters. The van der Waals surface area contributed by atoms with Crippen LogP contribution in [0.2, 0.25) is 0 Å². The topological polar surface area (TPSA) is 99.8 Å². The number of rotatable bonds is 7. The molecule has 0 aliphatic rings. The van der Waals surface area contributed by atoms with Crippen molar-refractivity contribution < 1.29 is 4.79 Å². The highest BCUT2D eigenvalue weighted by Crippen LogP contribution is 2.34. The molecule has 4 N–H and O–H groups in total. The van der Waals surface area contributed by atoms with Crippen LogP contribution in [0, 0.1) is 20.8 Å². The van der Waals surface area contributed by atoms with Gasteiger partial charge in [-0.15, -0.1) is 11.3 Å². The Morgan fingerprint density at radius 2 is 1.89 bits per heavy atom. The summed E-state index contributed by atoms with van der Waals surface area (Å²) in [5.41, 5.74) is 14.9. The van der Waals surface area contributed by atoms with E-state index in [1.54, 1.807) is 22.9 Å². The standard InChI is InChI=1S/C20H25N5OS/c1-12-17(20(22)26)19(21)25(24-12)16(18-13(2)23-14(3)27-18)11-7-10-15-8-5-4-6-9-15/h4-6,8-9,16H,7,10-11,21H2,1-3H3,(H2,22,26). The summed E-state index contributed by atoms with van der Waals surface area (Å²) >= 11 is 1.65. The van der Waals surface area contributed by atoms with Crippen LogP contribution in [0.3, 0.4) is 0 Å². The third kappa shape index (κ3) is 4.03. The Kier molecular flexibility index (Phi) is 5.60. The van der Waals surface area contributed by atoms with Gasteiger partial charge in [-0.3, -0.25) is 4.79 Å². The van der Waals surface area contributed by atoms with Crippen molar-refractivity contribution in [3.05, 3.63) is 62.7 Å². The normalized spacial score (nSPS) is 12.3. The van der Waals surface area contributed by atoms with Crippen LogP contribution in [0.25, 0.3) is 0 Å². The van der Waals surface area contributed by atoms with E-state index in [1.165, 1.54) is 5.56 Å². The van der Waals surface area contributed by atoms with Gasteiger partial charge >= 0.3 is 0 Å². The predicted octanol–water partition coefficient (Wildman–Crippen LogP) is 3.56. The van der Waals surface area contributed by atoms with E-state index in [-0.39, 0.29) is 6.04 Å². The molecule has 0 aliphatic heterocycles. The van der Waals surface area contributed by atoms with Gasteiger partial charge in [-0.25, -0.2) is 9.67 Å². The molecule has 0 spiro atoms. The van der Waals surface area contributed by atoms with Crippen LogP contribution in [0.4, 0.5) is 5.82 Å². The first kappa shape index (κ1) is 19.1. The number of nitrogens with two attached hydrogens (primary N) is 2. The Morgan fingerprint density at radius 1 is 1.19 bits per heavy atom. The van der Waals surface area contributed by atoms with E-state index in [4.69, 9.17) is 11.5 Å². The minimum absolute atomic E-state index is 0.0632. The van der Waals surface area contributed by atoms with Gasteiger partial charge in [0.15, 0.2) is 0 Å². The number of carbonyl (C=O) groups excluding carboxylic acids is 1. The average molecular weight is 384 g/mol. The van der Waals surface area contributed by atoms with Crippen molar-refractivity contribution in [1.29, 1.82) is 0 Å². The first-order valence-corrected chi connectivity index (χ1v) is 9.82. The fraction of sp³-hybridized carbons (Fsp3) is 0.350. The lowest BCUT2D eigenvalue weighted by Crippen LogP contribution is -2.18. The van der Waals surface area contributed by atoms with Crippen LogP contribution in [0.5, 0.6) is 0 Å². The summed E-state index contributed by atoms with van der Waals surface area (Å²) in [6.45, 7) is 5.76. The zero-order chi connectivity index (χ0) is 19.6. The number of aromatic nitrogens is 3. The molecule has 1 atom stereocenters. The summed E-state index contributed by atoms with van der Waals surface area (Å²) in [6.07, 6.45) is 2.78. The Morgan fingerprint density at radius 3 is 2.44 bits per heavy atom. The van der Waals surface area contributed by atoms with E-state index in [0.717, 1.165) is 34.8 Å². The van der Waals surface area contributed by atoms with E-state index in [2.05, 4.69) is 34.3 Å². The number of primary amides is 1. The van der Waals surface area contributed by atoms with Gasteiger partial charge < -0.3 is 11.5 Å². The van der Waals surface area contributed by atoms with Gasteiger partial charge in [0, 0.05) is 0 Å². The van der Waals surface area contributed by atoms with Crippen LogP contribution >= 0.6 is 11.3 Å². The van der Waals surface area contributed by atoms with Gasteiger partial charge in [0.25, 0.3) is 5.91 Å². The molecule has 0 saturated heterocycles. The SMILES string of the molecule is Cc1nc(C)c(C(CCCc2ccccc2)n2nc(C)c(C(N)=O)c2N)s1. The van der Waals surface area contributed by atoms with Crippen molar-refractivity contribution in [2.24, 2.45) is 5.73 Å². The lowest BCUT2D eigenvalue weighted by molar-refractivity contribution is 0.100. The molecular weight excluding hydrogens is 358 g/mol. The Hall–Kier alpha value is -2.67. The number of nitrogens with zero attached hydrogens (tertiary/aromatic N) is 3. The number of benzene rings is 1. The number of aryl methyl sites for hydroxylation is 4. The van der Waals surface area contributed by atoms with Crippen LogP contribution < -0.4 is 11.5 Å². The maximum absolute atomic E-state index is 11.8. The first-order valence-electron chi connectivity index (χ1n) is 9.00. The molecule has 7 heteroatoms. The summed E-state index contributed by atoms with van der Waals surface area (Å²) in [5, 5.41) is 5.56. The van der Waals surface area contributed by atoms with Crippen molar-refractivity contribution in [2.75, 3.05) is 5.73 Å². The largest absolute Gasteiger partial charge is 0.383 e. The van der Waals surface area contributed by atoms with Crippen LogP contribution in [-0.4, -0.2) is 20.7 Å². The highest BCUT2D eigenvalue weighted by atomic mass is 32.1. The van der Waals surface area contributed by atoms with Gasteiger partial charge in [-0.1, -0.05) is 30.3 Å². The quantitative estimate of drug-likeness (QED) is 0.651. The van der Waals surface area contributed by atoms with Gasteiger partial charge in [0.1, 0.15) is 11.4 Å². The molecule has 1 aromatic carbocycles. The summed E-state index contributed by atoms with van der Waals surface area (Å²) in [4.78, 5) is 17.5. The summed E-state index contributed by atoms with van der Waals surface area (Å²) in [5.74, 6) is -0.216. The number of amides is 1. The summed E-state index contributed by atoms with van der Waals surface area (Å²) in [7, 11) is 0. The molecule has 1 amide bonds. The van der Waals surface area contributed by atoms with E-state index in [0.29, 0.717) is 17.1 Å². The predicted molar refractivity (Wildman–Crippen MR) is 109 cm³/mol. The first-order chi connectivity index (χ1) is 12.9. The van der Waals surface area contributed by atoms with E-state index in [9.17, 15) is 4.79 Å². The monoisotopic (exact) mass is 383 g/mol. The van der Waals surface area contributed by atoms with E-state index < -0.39 is 5.91 Å². The highest BCUT2D eigenvalue weighted by molar-refractivity contribution is 7.11. The van der Waals surface area contributed by atoms with Crippen molar-refractivity contribution in [3.63, 3.8) is 0 Å². The molecule has 0 fully saturated rings. The zero-order valence-electron chi connectivity index (χ0n) is 15.9. The Labute approximate surface area is 163 Å². The summed E-state index contributed by atoms with van der Waals surface area (Å²) in [6, 6.07) is 10.3. The molecule has 6 nitrogen and oxygen atoms in total. The molecule has 142 valence electrons. The van der Waals surface area contributed by atoms with E-state index in [1.807, 2.05) is 19.9 Å². The lowest BCUT2D eigenvalue weighted by atomic mass is 10.0. The molecule has 0 radical (unpaired) electrons. The van der Waals surface area contributed by atoms with Gasteiger partial charge in [-0.2, -0.15) is 5.10 Å². The number of hydrogen-bond donors (Lipinski definition) is 2. The maximum Gasteiger partial charge on any atom is 0.254 e. The van der Waals surface area contributed by atoms with Crippen LogP contribution in [0.15, 0.2) is 30.3 Å². The second-order valence-electron chi connectivity index (χ2n) is 6.73. The minimum atomic E-state index is -0.545. The molecular formula is C20H25N5OS. The molecule has 2 aromatic heterocycles. The van der Waals surface area contributed by atoms with Crippen molar-refractivity contribution in [3.8, 4) is 0 Å². The Balaban J connectivity index is 1.92. The number of thiazole rings is 1. The molecule has 27 heavy (non-hydrogen) atoms. The molecule has 0 saturated carbocycles. The second-order valence-corrected chi connectivity index (χ2v) is 7.97. The highest BCUT2D eigenvalue weighted by Gasteiger charge is 2.26. The fourth-order valence-corrected chi connectivity index (χ4v) is 4.52. The van der Waals surface area contributed by atoms with E-state index >= 15 is 0 Å². The molecule has 0 bridgehead atoms. The molecule has 3 aromatic rings. The molecule has 2 heterocycles. The van der Waals surface area contributed by atoms with Gasteiger partial charge in [-0.05, 0) is 45.6 Å². The molecule has 3 rings (SSSR count). The van der Waals surface area contributed by atoms with Gasteiger partial charge in [0.2, 0.25) is 0 Å². The second kappa shape index (κ2) is 7.92. The number of carbonyl (C=O) groups is 1. The van der Waals surface area contributed by atoms with Crippen molar-refractivity contribution >= 4 is 23.1 Å². The smallest absolute Gasteiger partial charge is 0.254 e. The average Bonchev–Trinajstić information content (AvgIpc) is 3.10. The molecule has 0 aliphatic carbocycles. The third-order valence-corrected chi connectivity index (χ3v) is 5.87. The van der Waals surface area contributed by atoms with Crippen molar-refractivity contribution in [1.82, 2.24) is 14.8 Å². The Bertz CT molecular complexity index is 945. The summed E-state index contributed by atoms with van der Waals surface area (Å²) < 4.78 is 1.75. The van der Waals surface area contributed by atoms with Crippen molar-refractivity contribution in [2.45, 2.75) is 46.1 Å². The van der Waals surface area contributed by atoms with Gasteiger partial charge in [0.05, 0.1) is 27.3 Å².